The molecule has 0 unspecified atom stereocenters. The lowest BCUT2D eigenvalue weighted by atomic mass is 9.90. The third-order valence-corrected chi connectivity index (χ3v) is 5.61. The molecule has 1 aliphatic rings. The van der Waals surface area contributed by atoms with Crippen molar-refractivity contribution in [2.75, 3.05) is 6.61 Å². The Morgan fingerprint density at radius 1 is 1.16 bits per heavy atom. The first kappa shape index (κ1) is 17.8. The Kier molecular flexibility index (Phi) is 4.75. The Bertz CT molecular complexity index is 844. The van der Waals surface area contributed by atoms with E-state index in [0.717, 1.165) is 11.3 Å². The van der Waals surface area contributed by atoms with Crippen molar-refractivity contribution in [3.63, 3.8) is 0 Å². The number of nitrogens with one attached hydrogen (secondary N) is 1. The van der Waals surface area contributed by atoms with E-state index in [9.17, 15) is 8.42 Å². The maximum absolute atomic E-state index is 12.8. The zero-order valence-corrected chi connectivity index (χ0v) is 15.5. The Hall–Kier alpha value is -2.05. The maximum atomic E-state index is 12.8. The van der Waals surface area contributed by atoms with Gasteiger partial charge in [0.15, 0.2) is 0 Å². The van der Waals surface area contributed by atoms with Crippen LogP contribution in [0.5, 0.6) is 11.5 Å². The molecule has 1 atom stereocenters. The molecule has 1 N–H and O–H groups in total. The monoisotopic (exact) mass is 361 g/mol. The van der Waals surface area contributed by atoms with E-state index in [-0.39, 0.29) is 10.9 Å². The molecule has 2 aromatic rings. The van der Waals surface area contributed by atoms with Crippen LogP contribution in [0.2, 0.25) is 0 Å². The summed E-state index contributed by atoms with van der Waals surface area (Å²) in [7, 11) is -3.65. The van der Waals surface area contributed by atoms with Gasteiger partial charge >= 0.3 is 0 Å². The highest BCUT2D eigenvalue weighted by Gasteiger charge is 2.35. The lowest BCUT2D eigenvalue weighted by Crippen LogP contribution is -2.41. The molecule has 3 rings (SSSR count). The lowest BCUT2D eigenvalue weighted by molar-refractivity contribution is 0.0702. The van der Waals surface area contributed by atoms with Crippen molar-refractivity contribution in [2.24, 2.45) is 0 Å². The fraction of sp³-hybridized carbons (Fsp3) is 0.368. The van der Waals surface area contributed by atoms with Crippen LogP contribution in [-0.2, 0) is 10.0 Å². The fourth-order valence-electron chi connectivity index (χ4n) is 3.04. The maximum Gasteiger partial charge on any atom is 0.241 e. The largest absolute Gasteiger partial charge is 0.494 e. The highest BCUT2D eigenvalue weighted by molar-refractivity contribution is 7.89. The van der Waals surface area contributed by atoms with Crippen molar-refractivity contribution < 1.29 is 17.9 Å². The van der Waals surface area contributed by atoms with Crippen molar-refractivity contribution in [3.8, 4) is 11.5 Å². The van der Waals surface area contributed by atoms with Crippen molar-refractivity contribution in [2.45, 2.75) is 43.7 Å². The first-order valence-corrected chi connectivity index (χ1v) is 9.82. The van der Waals surface area contributed by atoms with Crippen LogP contribution in [0.15, 0.2) is 53.4 Å². The smallest absolute Gasteiger partial charge is 0.241 e. The number of ether oxygens (including phenoxy) is 2. The normalized spacial score (nSPS) is 18.9. The molecule has 0 bridgehead atoms. The summed E-state index contributed by atoms with van der Waals surface area (Å²) in [6.07, 6.45) is 0.556. The van der Waals surface area contributed by atoms with Gasteiger partial charge in [0.25, 0.3) is 0 Å². The van der Waals surface area contributed by atoms with E-state index < -0.39 is 15.6 Å². The number of fused-ring (bicyclic) bond motifs is 1. The molecule has 0 fully saturated rings. The second kappa shape index (κ2) is 6.69. The molecule has 0 saturated carbocycles. The molecular weight excluding hydrogens is 338 g/mol. The predicted molar refractivity (Wildman–Crippen MR) is 96.4 cm³/mol. The summed E-state index contributed by atoms with van der Waals surface area (Å²) in [6, 6.07) is 13.7. The van der Waals surface area contributed by atoms with Gasteiger partial charge in [0.2, 0.25) is 10.0 Å². The van der Waals surface area contributed by atoms with Gasteiger partial charge < -0.3 is 9.47 Å². The van der Waals surface area contributed by atoms with Crippen LogP contribution < -0.4 is 14.2 Å². The van der Waals surface area contributed by atoms with Crippen molar-refractivity contribution in [1.82, 2.24) is 4.72 Å². The Balaban J connectivity index is 1.87. The number of sulfonamides is 1. The minimum absolute atomic E-state index is 0.220. The van der Waals surface area contributed by atoms with E-state index in [0.29, 0.717) is 18.8 Å². The van der Waals surface area contributed by atoms with Gasteiger partial charge in [-0.25, -0.2) is 13.1 Å². The average molecular weight is 361 g/mol. The Labute approximate surface area is 149 Å². The third-order valence-electron chi connectivity index (χ3n) is 4.12. The summed E-state index contributed by atoms with van der Waals surface area (Å²) in [4.78, 5) is 0.220. The second-order valence-corrected chi connectivity index (χ2v) is 8.40. The Morgan fingerprint density at radius 3 is 2.52 bits per heavy atom. The predicted octanol–water partition coefficient (Wildman–Crippen LogP) is 3.67. The van der Waals surface area contributed by atoms with Gasteiger partial charge in [0, 0.05) is 12.0 Å². The highest BCUT2D eigenvalue weighted by atomic mass is 32.2. The summed E-state index contributed by atoms with van der Waals surface area (Å²) in [5.41, 5.74) is 0.414. The van der Waals surface area contributed by atoms with Crippen LogP contribution in [-0.4, -0.2) is 20.6 Å². The van der Waals surface area contributed by atoms with E-state index >= 15 is 0 Å². The molecule has 134 valence electrons. The van der Waals surface area contributed by atoms with Crippen LogP contribution >= 0.6 is 0 Å². The molecular formula is C19H23NO4S. The second-order valence-electron chi connectivity index (χ2n) is 6.68. The van der Waals surface area contributed by atoms with Crippen LogP contribution in [0.25, 0.3) is 0 Å². The van der Waals surface area contributed by atoms with E-state index in [1.807, 2.05) is 45.0 Å². The summed E-state index contributed by atoms with van der Waals surface area (Å²) in [6.45, 7) is 6.34. The van der Waals surface area contributed by atoms with E-state index in [1.165, 1.54) is 0 Å². The van der Waals surface area contributed by atoms with Crippen LogP contribution in [0.4, 0.5) is 0 Å². The minimum Gasteiger partial charge on any atom is -0.494 e. The summed E-state index contributed by atoms with van der Waals surface area (Å²) in [5.74, 6) is 1.37. The SMILES string of the molecule is CCOc1ccc(S(=O)(=O)N[C@H]2CC(C)(C)Oc3ccccc32)cc1. The van der Waals surface area contributed by atoms with Crippen LogP contribution in [0.3, 0.4) is 0 Å². The number of benzene rings is 2. The zero-order valence-electron chi connectivity index (χ0n) is 14.7. The molecule has 0 amide bonds. The summed E-state index contributed by atoms with van der Waals surface area (Å²) < 4.78 is 39.7. The van der Waals surface area contributed by atoms with Crippen molar-refractivity contribution in [3.05, 3.63) is 54.1 Å². The average Bonchev–Trinajstić information content (AvgIpc) is 2.54. The highest BCUT2D eigenvalue weighted by Crippen LogP contribution is 2.39. The molecule has 1 heterocycles. The first-order valence-electron chi connectivity index (χ1n) is 8.34. The molecule has 0 radical (unpaired) electrons. The van der Waals surface area contributed by atoms with Gasteiger partial charge in [-0.1, -0.05) is 18.2 Å². The number of para-hydroxylation sites is 1. The molecule has 0 aliphatic carbocycles. The molecule has 5 nitrogen and oxygen atoms in total. The first-order chi connectivity index (χ1) is 11.8. The quantitative estimate of drug-likeness (QED) is 0.883. The summed E-state index contributed by atoms with van der Waals surface area (Å²) >= 11 is 0. The molecule has 6 heteroatoms. The standard InChI is InChI=1S/C19H23NO4S/c1-4-23-14-9-11-15(12-10-14)25(21,22)20-17-13-19(2,3)24-18-8-6-5-7-16(17)18/h5-12,17,20H,4,13H2,1-3H3/t17-/m0/s1. The number of hydrogen-bond donors (Lipinski definition) is 1. The third kappa shape index (κ3) is 3.96. The molecule has 0 saturated heterocycles. The van der Waals surface area contributed by atoms with E-state index in [1.54, 1.807) is 24.3 Å². The van der Waals surface area contributed by atoms with Crippen molar-refractivity contribution >= 4 is 10.0 Å². The van der Waals surface area contributed by atoms with Gasteiger partial charge in [0.05, 0.1) is 17.5 Å². The molecule has 25 heavy (non-hydrogen) atoms. The lowest BCUT2D eigenvalue weighted by Gasteiger charge is -2.37. The fourth-order valence-corrected chi connectivity index (χ4v) is 4.26. The van der Waals surface area contributed by atoms with Gasteiger partial charge in [-0.05, 0) is 51.1 Å². The van der Waals surface area contributed by atoms with Gasteiger partial charge in [-0.15, -0.1) is 0 Å². The van der Waals surface area contributed by atoms with Gasteiger partial charge in [-0.3, -0.25) is 0 Å². The molecule has 0 spiro atoms. The van der Waals surface area contributed by atoms with E-state index in [2.05, 4.69) is 4.72 Å². The van der Waals surface area contributed by atoms with Crippen LogP contribution in [0, 0.1) is 0 Å². The summed E-state index contributed by atoms with van der Waals surface area (Å²) in [5, 5.41) is 0. The molecule has 0 aromatic heterocycles. The van der Waals surface area contributed by atoms with Gasteiger partial charge in [0.1, 0.15) is 17.1 Å². The van der Waals surface area contributed by atoms with E-state index in [4.69, 9.17) is 9.47 Å². The number of hydrogen-bond acceptors (Lipinski definition) is 4. The number of rotatable bonds is 5. The molecule has 1 aliphatic heterocycles. The Morgan fingerprint density at radius 2 is 1.84 bits per heavy atom. The zero-order chi connectivity index (χ0) is 18.1. The van der Waals surface area contributed by atoms with Crippen molar-refractivity contribution in [1.29, 1.82) is 0 Å². The molecule has 2 aromatic carbocycles. The topological polar surface area (TPSA) is 64.6 Å². The minimum atomic E-state index is -3.65. The van der Waals surface area contributed by atoms with Gasteiger partial charge in [-0.2, -0.15) is 0 Å². The van der Waals surface area contributed by atoms with Crippen LogP contribution in [0.1, 0.15) is 38.8 Å².